The van der Waals surface area contributed by atoms with Crippen molar-refractivity contribution in [1.29, 1.82) is 0 Å². The lowest BCUT2D eigenvalue weighted by molar-refractivity contribution is 0.101. The Morgan fingerprint density at radius 3 is 2.49 bits per heavy atom. The summed E-state index contributed by atoms with van der Waals surface area (Å²) in [6, 6.07) is 12.1. The molecular weight excluding hydrogens is 500 g/mol. The number of pyridine rings is 1. The summed E-state index contributed by atoms with van der Waals surface area (Å²) in [6.45, 7) is 2.68. The topological polar surface area (TPSA) is 99.5 Å². The molecule has 2 atom stereocenters. The molecule has 0 radical (unpaired) electrons. The minimum Gasteiger partial charge on any atom is -0.507 e. The van der Waals surface area contributed by atoms with Gasteiger partial charge in [-0.1, -0.05) is 6.07 Å². The van der Waals surface area contributed by atoms with Crippen molar-refractivity contribution < 1.29 is 28.8 Å². The summed E-state index contributed by atoms with van der Waals surface area (Å²) in [5.41, 5.74) is 2.75. The molecule has 6 rings (SSSR count). The monoisotopic (exact) mass is 530 g/mol. The van der Waals surface area contributed by atoms with E-state index in [1.165, 1.54) is 21.3 Å². The van der Waals surface area contributed by atoms with Gasteiger partial charge < -0.3 is 28.6 Å². The lowest BCUT2D eigenvalue weighted by Gasteiger charge is -2.42. The number of hydrogen-bond acceptors (Lipinski definition) is 8. The second-order valence-corrected chi connectivity index (χ2v) is 10.2. The number of ketones is 1. The first-order valence-electron chi connectivity index (χ1n) is 12.9. The number of fused-ring (bicyclic) bond motifs is 5. The van der Waals surface area contributed by atoms with Crippen LogP contribution >= 0.6 is 0 Å². The first-order valence-corrected chi connectivity index (χ1v) is 12.9. The number of rotatable bonds is 6. The molecule has 0 saturated carbocycles. The number of carbonyl (C=O) groups excluding carboxylic acids is 1. The van der Waals surface area contributed by atoms with E-state index in [-0.39, 0.29) is 28.8 Å². The van der Waals surface area contributed by atoms with Crippen LogP contribution in [0.2, 0.25) is 0 Å². The fourth-order valence-electron chi connectivity index (χ4n) is 6.13. The summed E-state index contributed by atoms with van der Waals surface area (Å²) in [6.07, 6.45) is 2.67. The zero-order valence-electron chi connectivity index (χ0n) is 22.1. The van der Waals surface area contributed by atoms with Crippen LogP contribution in [0, 0.1) is 5.92 Å². The summed E-state index contributed by atoms with van der Waals surface area (Å²) in [5.74, 6) is 2.31. The number of methoxy groups -OCH3 is 3. The Bertz CT molecular complexity index is 1530. The van der Waals surface area contributed by atoms with E-state index in [2.05, 4.69) is 4.90 Å². The van der Waals surface area contributed by atoms with E-state index >= 15 is 0 Å². The molecule has 2 bridgehead atoms. The molecule has 1 aromatic heterocycles. The normalized spacial score (nSPS) is 20.8. The number of carbonyl (C=O) groups is 1. The molecule has 2 aromatic carbocycles. The standard InChI is InChI=1S/C30H30N2O7/c1-36-25-11-17(12-26(37-2)30(25)38-3)10-24-28(35)20-7-8-23(33)21(29(20)39-24)16-31-13-18-9-19(15-31)22-5-4-6-27(34)32(22)14-18/h4-8,10-12,18-19,33H,9,13-16H2,1-3H3. The Morgan fingerprint density at radius 2 is 1.77 bits per heavy atom. The SMILES string of the molecule is COc1cc(C=C2Oc3c(ccc(O)c3CN3CC4CC(C3)c3cccc(=O)n3C4)C2=O)cc(OC)c1OC. The molecule has 3 aromatic rings. The van der Waals surface area contributed by atoms with E-state index in [9.17, 15) is 14.7 Å². The van der Waals surface area contributed by atoms with Crippen LogP contribution in [0.4, 0.5) is 0 Å². The smallest absolute Gasteiger partial charge is 0.250 e. The van der Waals surface area contributed by atoms with Gasteiger partial charge in [0.15, 0.2) is 17.3 Å². The number of phenolic OH excluding ortho intramolecular Hbond substituents is 1. The summed E-state index contributed by atoms with van der Waals surface area (Å²) in [5, 5.41) is 10.8. The van der Waals surface area contributed by atoms with Gasteiger partial charge in [0.25, 0.3) is 5.56 Å². The van der Waals surface area contributed by atoms with Gasteiger partial charge in [0.1, 0.15) is 11.5 Å². The van der Waals surface area contributed by atoms with E-state index in [0.717, 1.165) is 25.2 Å². The third-order valence-electron chi connectivity index (χ3n) is 7.84. The van der Waals surface area contributed by atoms with Gasteiger partial charge in [-0.2, -0.15) is 0 Å². The molecule has 3 aliphatic heterocycles. The molecule has 9 heteroatoms. The molecule has 4 heterocycles. The van der Waals surface area contributed by atoms with Crippen molar-refractivity contribution in [3.8, 4) is 28.7 Å². The number of aromatic hydroxyl groups is 1. The second-order valence-electron chi connectivity index (χ2n) is 10.2. The van der Waals surface area contributed by atoms with Crippen LogP contribution in [0.25, 0.3) is 6.08 Å². The van der Waals surface area contributed by atoms with Crippen LogP contribution in [0.3, 0.4) is 0 Å². The predicted octanol–water partition coefficient (Wildman–Crippen LogP) is 3.82. The van der Waals surface area contributed by atoms with Crippen molar-refractivity contribution in [2.24, 2.45) is 5.92 Å². The molecule has 9 nitrogen and oxygen atoms in total. The van der Waals surface area contributed by atoms with Gasteiger partial charge in [0.05, 0.1) is 32.5 Å². The maximum atomic E-state index is 13.3. The van der Waals surface area contributed by atoms with Crippen molar-refractivity contribution in [3.63, 3.8) is 0 Å². The van der Waals surface area contributed by atoms with Gasteiger partial charge in [0, 0.05) is 43.9 Å². The lowest BCUT2D eigenvalue weighted by atomic mass is 9.83. The molecular formula is C30H30N2O7. The van der Waals surface area contributed by atoms with E-state index < -0.39 is 0 Å². The predicted molar refractivity (Wildman–Crippen MR) is 144 cm³/mol. The van der Waals surface area contributed by atoms with Crippen molar-refractivity contribution >= 4 is 11.9 Å². The van der Waals surface area contributed by atoms with E-state index in [4.69, 9.17) is 18.9 Å². The van der Waals surface area contributed by atoms with Gasteiger partial charge in [-0.05, 0) is 54.3 Å². The van der Waals surface area contributed by atoms with Crippen LogP contribution in [0.5, 0.6) is 28.7 Å². The van der Waals surface area contributed by atoms with Crippen molar-refractivity contribution in [2.45, 2.75) is 25.4 Å². The summed E-state index contributed by atoms with van der Waals surface area (Å²) in [7, 11) is 4.59. The Labute approximate surface area is 225 Å². The highest BCUT2D eigenvalue weighted by Crippen LogP contribution is 2.43. The molecule has 1 saturated heterocycles. The molecule has 0 spiro atoms. The van der Waals surface area contributed by atoms with Crippen LogP contribution in [0.15, 0.2) is 53.0 Å². The zero-order valence-corrected chi connectivity index (χ0v) is 22.1. The number of nitrogens with zero attached hydrogens (tertiary/aromatic N) is 2. The molecule has 39 heavy (non-hydrogen) atoms. The number of allylic oxidation sites excluding steroid dienone is 1. The van der Waals surface area contributed by atoms with Crippen LogP contribution in [-0.2, 0) is 13.1 Å². The Balaban J connectivity index is 1.29. The number of aromatic nitrogens is 1. The number of phenols is 1. The van der Waals surface area contributed by atoms with E-state index in [1.54, 1.807) is 36.4 Å². The Hall–Kier alpha value is -4.24. The van der Waals surface area contributed by atoms with Crippen LogP contribution in [-0.4, -0.2) is 54.8 Å². The zero-order chi connectivity index (χ0) is 27.3. The highest BCUT2D eigenvalue weighted by molar-refractivity contribution is 6.15. The third-order valence-corrected chi connectivity index (χ3v) is 7.84. The third kappa shape index (κ3) is 4.32. The van der Waals surface area contributed by atoms with Crippen molar-refractivity contribution in [2.75, 3.05) is 34.4 Å². The molecule has 3 aliphatic rings. The van der Waals surface area contributed by atoms with Gasteiger partial charge in [-0.25, -0.2) is 0 Å². The molecule has 202 valence electrons. The first kappa shape index (κ1) is 25.1. The Morgan fingerprint density at radius 1 is 1.00 bits per heavy atom. The molecule has 0 aliphatic carbocycles. The minimum absolute atomic E-state index is 0.0486. The second kappa shape index (κ2) is 9.81. The van der Waals surface area contributed by atoms with E-state index in [1.807, 2.05) is 16.7 Å². The fourth-order valence-corrected chi connectivity index (χ4v) is 6.13. The fraction of sp³-hybridized carbons (Fsp3) is 0.333. The minimum atomic E-state index is -0.260. The summed E-state index contributed by atoms with van der Waals surface area (Å²) in [4.78, 5) is 28.0. The summed E-state index contributed by atoms with van der Waals surface area (Å²) >= 11 is 0. The van der Waals surface area contributed by atoms with Crippen LogP contribution < -0.4 is 24.5 Å². The van der Waals surface area contributed by atoms with Crippen molar-refractivity contribution in [1.82, 2.24) is 9.47 Å². The lowest BCUT2D eigenvalue weighted by Crippen LogP contribution is -2.46. The van der Waals surface area contributed by atoms with Crippen LogP contribution in [0.1, 0.15) is 39.5 Å². The molecule has 1 fully saturated rings. The number of ether oxygens (including phenoxy) is 4. The quantitative estimate of drug-likeness (QED) is 0.481. The summed E-state index contributed by atoms with van der Waals surface area (Å²) < 4.78 is 24.3. The number of Topliss-reactive ketones (excluding diaryl/α,β-unsaturated/α-hetero) is 1. The van der Waals surface area contributed by atoms with E-state index in [0.29, 0.717) is 58.7 Å². The highest BCUT2D eigenvalue weighted by atomic mass is 16.5. The molecule has 2 unspecified atom stereocenters. The maximum Gasteiger partial charge on any atom is 0.250 e. The molecule has 0 amide bonds. The number of likely N-dealkylation sites (tertiary alicyclic amines) is 1. The maximum absolute atomic E-state index is 13.3. The number of benzene rings is 2. The molecule has 1 N–H and O–H groups in total. The number of piperidine rings is 1. The van der Waals surface area contributed by atoms with Gasteiger partial charge >= 0.3 is 0 Å². The number of hydrogen-bond donors (Lipinski definition) is 1. The van der Waals surface area contributed by atoms with Gasteiger partial charge in [-0.3, -0.25) is 14.5 Å². The van der Waals surface area contributed by atoms with Gasteiger partial charge in [-0.15, -0.1) is 0 Å². The average Bonchev–Trinajstić information content (AvgIpc) is 3.25. The first-order chi connectivity index (χ1) is 18.9. The average molecular weight is 531 g/mol. The van der Waals surface area contributed by atoms with Crippen molar-refractivity contribution in [3.05, 3.63) is 81.0 Å². The largest absolute Gasteiger partial charge is 0.507 e. The Kier molecular flexibility index (Phi) is 6.31. The highest BCUT2D eigenvalue weighted by Gasteiger charge is 2.37. The van der Waals surface area contributed by atoms with Gasteiger partial charge in [0.2, 0.25) is 11.5 Å².